The van der Waals surface area contributed by atoms with E-state index in [-0.39, 0.29) is 17.5 Å². The van der Waals surface area contributed by atoms with Crippen LogP contribution in [0.3, 0.4) is 0 Å². The van der Waals surface area contributed by atoms with Crippen molar-refractivity contribution in [1.29, 1.82) is 0 Å². The monoisotopic (exact) mass is 307 g/mol. The molecule has 1 atom stereocenters. The molecule has 1 aliphatic heterocycles. The number of rotatable bonds is 5. The number of primary amides is 1. The number of ether oxygens (including phenoxy) is 1. The summed E-state index contributed by atoms with van der Waals surface area (Å²) < 4.78 is 5.49. The minimum Gasteiger partial charge on any atom is -0.483 e. The molecule has 2 amide bonds. The molecule has 0 aromatic heterocycles. The van der Waals surface area contributed by atoms with Gasteiger partial charge in [-0.25, -0.2) is 0 Å². The average molecular weight is 307 g/mol. The van der Waals surface area contributed by atoms with Crippen LogP contribution in [0.4, 0.5) is 0 Å². The molecule has 6 nitrogen and oxygen atoms in total. The van der Waals surface area contributed by atoms with Gasteiger partial charge in [0.15, 0.2) is 6.61 Å². The average Bonchev–Trinajstić information content (AvgIpc) is 2.94. The molecule has 0 aliphatic carbocycles. The van der Waals surface area contributed by atoms with E-state index in [9.17, 15) is 9.59 Å². The summed E-state index contributed by atoms with van der Waals surface area (Å²) in [6, 6.07) is 6.43. The Bertz CT molecular complexity index is 576. The van der Waals surface area contributed by atoms with Crippen LogP contribution in [0.15, 0.2) is 24.3 Å². The van der Waals surface area contributed by atoms with Crippen LogP contribution in [0.5, 0.6) is 5.75 Å². The van der Waals surface area contributed by atoms with Crippen molar-refractivity contribution in [2.75, 3.05) is 13.2 Å². The van der Waals surface area contributed by atoms with Crippen LogP contribution in [0, 0.1) is 0 Å². The zero-order valence-corrected chi connectivity index (χ0v) is 12.3. The quantitative estimate of drug-likeness (QED) is 0.756. The molecule has 4 N–H and O–H groups in total. The molecule has 2 rings (SSSR count). The first-order chi connectivity index (χ1) is 10.0. The van der Waals surface area contributed by atoms with Gasteiger partial charge in [-0.05, 0) is 25.0 Å². The van der Waals surface area contributed by atoms with E-state index in [2.05, 4.69) is 0 Å². The molecule has 0 spiro atoms. The molecule has 0 bridgehead atoms. The molecule has 1 aromatic rings. The van der Waals surface area contributed by atoms with Gasteiger partial charge in [0, 0.05) is 6.54 Å². The van der Waals surface area contributed by atoms with Crippen LogP contribution in [0.25, 0.3) is 0 Å². The number of hydrogen-bond donors (Lipinski definition) is 2. The highest BCUT2D eigenvalue weighted by Gasteiger charge is 2.32. The van der Waals surface area contributed by atoms with Gasteiger partial charge in [-0.3, -0.25) is 9.59 Å². The first kappa shape index (κ1) is 15.2. The molecule has 0 radical (unpaired) electrons. The van der Waals surface area contributed by atoms with Gasteiger partial charge in [0.05, 0.1) is 5.56 Å². The molecule has 1 saturated heterocycles. The van der Waals surface area contributed by atoms with Crippen LogP contribution < -0.4 is 16.2 Å². The number of carbonyl (C=O) groups is 2. The van der Waals surface area contributed by atoms with Gasteiger partial charge in [-0.15, -0.1) is 0 Å². The van der Waals surface area contributed by atoms with E-state index in [4.69, 9.17) is 28.4 Å². The van der Waals surface area contributed by atoms with Crippen molar-refractivity contribution in [3.8, 4) is 5.75 Å². The molecule has 1 aliphatic rings. The Kier molecular flexibility index (Phi) is 4.74. The normalized spacial score (nSPS) is 17.5. The number of hydrogen-bond acceptors (Lipinski definition) is 4. The Hall–Kier alpha value is -2.15. The highest BCUT2D eigenvalue weighted by molar-refractivity contribution is 7.80. The first-order valence-corrected chi connectivity index (χ1v) is 7.02. The number of thiocarbonyl (C=S) groups is 1. The fourth-order valence-corrected chi connectivity index (χ4v) is 2.55. The summed E-state index contributed by atoms with van der Waals surface area (Å²) in [7, 11) is 0. The van der Waals surface area contributed by atoms with Gasteiger partial charge in [0.25, 0.3) is 5.91 Å². The minimum atomic E-state index is -0.535. The fourth-order valence-electron chi connectivity index (χ4n) is 2.38. The number of carbonyl (C=O) groups excluding carboxylic acids is 2. The summed E-state index contributed by atoms with van der Waals surface area (Å²) in [6.07, 6.45) is 1.37. The Morgan fingerprint density at radius 3 is 2.71 bits per heavy atom. The Labute approximate surface area is 128 Å². The van der Waals surface area contributed by atoms with Crippen molar-refractivity contribution in [1.82, 2.24) is 4.90 Å². The Morgan fingerprint density at radius 2 is 2.05 bits per heavy atom. The number of para-hydroxylation sites is 1. The number of nitrogens with zero attached hydrogens (tertiary/aromatic N) is 1. The zero-order valence-electron chi connectivity index (χ0n) is 11.5. The molecular weight excluding hydrogens is 290 g/mol. The Morgan fingerprint density at radius 1 is 1.33 bits per heavy atom. The maximum absolute atomic E-state index is 12.1. The largest absolute Gasteiger partial charge is 0.483 e. The summed E-state index contributed by atoms with van der Waals surface area (Å²) in [5.74, 6) is -0.299. The summed E-state index contributed by atoms with van der Waals surface area (Å²) >= 11 is 4.93. The third kappa shape index (κ3) is 3.49. The SMILES string of the molecule is NC(=O)C1CCCN1C(=O)COc1ccccc1C(N)=S. The second-order valence-electron chi connectivity index (χ2n) is 4.80. The second-order valence-corrected chi connectivity index (χ2v) is 5.24. The van der Waals surface area contributed by atoms with Crippen LogP contribution in [0.2, 0.25) is 0 Å². The third-order valence-corrected chi connectivity index (χ3v) is 3.63. The number of benzene rings is 1. The third-order valence-electron chi connectivity index (χ3n) is 3.41. The maximum atomic E-state index is 12.1. The summed E-state index contributed by atoms with van der Waals surface area (Å²) in [4.78, 5) is 25.1. The van der Waals surface area contributed by atoms with E-state index in [1.54, 1.807) is 24.3 Å². The molecule has 1 heterocycles. The number of nitrogens with two attached hydrogens (primary N) is 2. The second kappa shape index (κ2) is 6.53. The lowest BCUT2D eigenvalue weighted by atomic mass is 10.2. The van der Waals surface area contributed by atoms with Gasteiger partial charge in [0.1, 0.15) is 16.8 Å². The van der Waals surface area contributed by atoms with E-state index < -0.39 is 11.9 Å². The van der Waals surface area contributed by atoms with Gasteiger partial charge >= 0.3 is 0 Å². The lowest BCUT2D eigenvalue weighted by molar-refractivity contribution is -0.138. The van der Waals surface area contributed by atoms with Gasteiger partial charge in [-0.2, -0.15) is 0 Å². The molecule has 21 heavy (non-hydrogen) atoms. The topological polar surface area (TPSA) is 98.7 Å². The van der Waals surface area contributed by atoms with E-state index in [0.717, 1.165) is 6.42 Å². The lowest BCUT2D eigenvalue weighted by Crippen LogP contribution is -2.45. The van der Waals surface area contributed by atoms with E-state index in [1.165, 1.54) is 4.90 Å². The van der Waals surface area contributed by atoms with E-state index in [1.807, 2.05) is 0 Å². The van der Waals surface area contributed by atoms with Gasteiger partial charge in [-0.1, -0.05) is 24.4 Å². The molecule has 7 heteroatoms. The molecule has 1 aromatic carbocycles. The van der Waals surface area contributed by atoms with Crippen LogP contribution in [-0.4, -0.2) is 40.9 Å². The van der Waals surface area contributed by atoms with Crippen molar-refractivity contribution in [3.05, 3.63) is 29.8 Å². The maximum Gasteiger partial charge on any atom is 0.261 e. The van der Waals surface area contributed by atoms with Crippen molar-refractivity contribution in [2.24, 2.45) is 11.5 Å². The highest BCUT2D eigenvalue weighted by atomic mass is 32.1. The van der Waals surface area contributed by atoms with Crippen LogP contribution in [0.1, 0.15) is 18.4 Å². The van der Waals surface area contributed by atoms with Crippen molar-refractivity contribution >= 4 is 29.0 Å². The Balaban J connectivity index is 2.02. The van der Waals surface area contributed by atoms with Crippen molar-refractivity contribution in [2.45, 2.75) is 18.9 Å². The summed E-state index contributed by atoms with van der Waals surface area (Å²) in [5, 5.41) is 0. The van der Waals surface area contributed by atoms with Crippen LogP contribution in [-0.2, 0) is 9.59 Å². The van der Waals surface area contributed by atoms with E-state index >= 15 is 0 Å². The summed E-state index contributed by atoms with van der Waals surface area (Å²) in [5.41, 5.74) is 11.5. The number of amides is 2. The zero-order chi connectivity index (χ0) is 15.4. The van der Waals surface area contributed by atoms with Gasteiger partial charge < -0.3 is 21.1 Å². The predicted octanol–water partition coefficient (Wildman–Crippen LogP) is 0.176. The minimum absolute atomic E-state index is 0.177. The summed E-state index contributed by atoms with van der Waals surface area (Å²) in [6.45, 7) is 0.343. The molecule has 0 saturated carbocycles. The smallest absolute Gasteiger partial charge is 0.261 e. The number of likely N-dealkylation sites (tertiary alicyclic amines) is 1. The standard InChI is InChI=1S/C14H17N3O3S/c15-13(19)10-5-3-7-17(10)12(18)8-20-11-6-2-1-4-9(11)14(16)21/h1-2,4,6,10H,3,5,7-8H2,(H2,15,19)(H2,16,21). The van der Waals surface area contributed by atoms with Crippen molar-refractivity contribution in [3.63, 3.8) is 0 Å². The fraction of sp³-hybridized carbons (Fsp3) is 0.357. The van der Waals surface area contributed by atoms with Gasteiger partial charge in [0.2, 0.25) is 5.91 Å². The lowest BCUT2D eigenvalue weighted by Gasteiger charge is -2.22. The highest BCUT2D eigenvalue weighted by Crippen LogP contribution is 2.20. The molecule has 112 valence electrons. The molecule has 1 unspecified atom stereocenters. The van der Waals surface area contributed by atoms with Crippen LogP contribution >= 0.6 is 12.2 Å². The van der Waals surface area contributed by atoms with E-state index in [0.29, 0.717) is 24.3 Å². The van der Waals surface area contributed by atoms with Crippen molar-refractivity contribution < 1.29 is 14.3 Å². The predicted molar refractivity (Wildman–Crippen MR) is 81.8 cm³/mol. The first-order valence-electron chi connectivity index (χ1n) is 6.61. The molecule has 1 fully saturated rings. The molecular formula is C14H17N3O3S.